The SMILES string of the molecule is CCCCCCCCCCOc1ccc(-c2nnc(N)o2)cc1. The lowest BCUT2D eigenvalue weighted by Gasteiger charge is -2.06. The van der Waals surface area contributed by atoms with E-state index in [2.05, 4.69) is 17.1 Å². The molecule has 0 atom stereocenters. The van der Waals surface area contributed by atoms with Crippen LogP contribution in [-0.4, -0.2) is 16.8 Å². The molecule has 2 aromatic rings. The zero-order valence-corrected chi connectivity index (χ0v) is 14.0. The first-order valence-corrected chi connectivity index (χ1v) is 8.62. The maximum Gasteiger partial charge on any atom is 0.313 e. The van der Waals surface area contributed by atoms with Gasteiger partial charge in [0.05, 0.1) is 6.61 Å². The van der Waals surface area contributed by atoms with Gasteiger partial charge >= 0.3 is 6.01 Å². The molecule has 2 rings (SSSR count). The molecule has 0 aliphatic rings. The van der Waals surface area contributed by atoms with Gasteiger partial charge in [0.25, 0.3) is 0 Å². The lowest BCUT2D eigenvalue weighted by molar-refractivity contribution is 0.304. The summed E-state index contributed by atoms with van der Waals surface area (Å²) in [5, 5.41) is 7.50. The summed E-state index contributed by atoms with van der Waals surface area (Å²) in [4.78, 5) is 0. The summed E-state index contributed by atoms with van der Waals surface area (Å²) in [5.41, 5.74) is 6.26. The normalized spacial score (nSPS) is 10.8. The van der Waals surface area contributed by atoms with Crippen molar-refractivity contribution in [3.8, 4) is 17.2 Å². The molecule has 126 valence electrons. The van der Waals surface area contributed by atoms with E-state index in [0.29, 0.717) is 5.89 Å². The van der Waals surface area contributed by atoms with Gasteiger partial charge in [-0.25, -0.2) is 0 Å². The molecule has 1 heterocycles. The van der Waals surface area contributed by atoms with Crippen LogP contribution in [0.1, 0.15) is 58.3 Å². The van der Waals surface area contributed by atoms with Gasteiger partial charge < -0.3 is 14.9 Å². The van der Waals surface area contributed by atoms with Gasteiger partial charge in [-0.2, -0.15) is 0 Å². The minimum absolute atomic E-state index is 0.0787. The third-order valence-corrected chi connectivity index (χ3v) is 3.81. The van der Waals surface area contributed by atoms with E-state index >= 15 is 0 Å². The Morgan fingerprint density at radius 2 is 1.57 bits per heavy atom. The molecule has 0 saturated heterocycles. The molecule has 1 aromatic heterocycles. The number of ether oxygens (including phenoxy) is 1. The summed E-state index contributed by atoms with van der Waals surface area (Å²) in [5.74, 6) is 1.29. The van der Waals surface area contributed by atoms with Crippen molar-refractivity contribution in [3.05, 3.63) is 24.3 Å². The maximum atomic E-state index is 5.76. The Labute approximate surface area is 138 Å². The molecule has 0 fully saturated rings. The van der Waals surface area contributed by atoms with Crippen LogP contribution in [-0.2, 0) is 0 Å². The highest BCUT2D eigenvalue weighted by Crippen LogP contribution is 2.22. The average molecular weight is 317 g/mol. The van der Waals surface area contributed by atoms with E-state index < -0.39 is 0 Å². The Hall–Kier alpha value is -2.04. The molecule has 5 heteroatoms. The standard InChI is InChI=1S/C18H27N3O2/c1-2-3-4-5-6-7-8-9-14-22-16-12-10-15(11-13-16)17-20-21-18(19)23-17/h10-13H,2-9,14H2,1H3,(H2,19,21). The van der Waals surface area contributed by atoms with Crippen LogP contribution in [0.3, 0.4) is 0 Å². The number of anilines is 1. The summed E-state index contributed by atoms with van der Waals surface area (Å²) in [6.07, 6.45) is 10.4. The summed E-state index contributed by atoms with van der Waals surface area (Å²) >= 11 is 0. The van der Waals surface area contributed by atoms with E-state index in [1.54, 1.807) is 0 Å². The van der Waals surface area contributed by atoms with E-state index in [-0.39, 0.29) is 6.01 Å². The van der Waals surface area contributed by atoms with Crippen LogP contribution >= 0.6 is 0 Å². The average Bonchev–Trinajstić information content (AvgIpc) is 3.00. The number of unbranched alkanes of at least 4 members (excludes halogenated alkanes) is 7. The fourth-order valence-electron chi connectivity index (χ4n) is 2.47. The molecule has 0 aliphatic carbocycles. The highest BCUT2D eigenvalue weighted by atomic mass is 16.5. The van der Waals surface area contributed by atoms with Crippen LogP contribution in [0.2, 0.25) is 0 Å². The molecule has 0 spiro atoms. The smallest absolute Gasteiger partial charge is 0.313 e. The lowest BCUT2D eigenvalue weighted by Crippen LogP contribution is -1.97. The van der Waals surface area contributed by atoms with Crippen LogP contribution in [0.4, 0.5) is 6.01 Å². The molecule has 0 bridgehead atoms. The van der Waals surface area contributed by atoms with Crippen LogP contribution in [0, 0.1) is 0 Å². The van der Waals surface area contributed by atoms with Crippen molar-refractivity contribution < 1.29 is 9.15 Å². The van der Waals surface area contributed by atoms with Crippen LogP contribution in [0.5, 0.6) is 5.75 Å². The van der Waals surface area contributed by atoms with Gasteiger partial charge in [0.1, 0.15) is 5.75 Å². The molecule has 0 aliphatic heterocycles. The number of nitrogens with zero attached hydrogens (tertiary/aromatic N) is 2. The van der Waals surface area contributed by atoms with E-state index in [1.807, 2.05) is 24.3 Å². The highest BCUT2D eigenvalue weighted by molar-refractivity contribution is 5.54. The minimum atomic E-state index is 0.0787. The molecule has 2 N–H and O–H groups in total. The van der Waals surface area contributed by atoms with Gasteiger partial charge in [0, 0.05) is 5.56 Å². The Bertz CT molecular complexity index is 552. The fourth-order valence-corrected chi connectivity index (χ4v) is 2.47. The second kappa shape index (κ2) is 9.87. The van der Waals surface area contributed by atoms with Crippen molar-refractivity contribution in [2.75, 3.05) is 12.3 Å². The van der Waals surface area contributed by atoms with Crippen LogP contribution in [0.15, 0.2) is 28.7 Å². The topological polar surface area (TPSA) is 74.2 Å². The fraction of sp³-hybridized carbons (Fsp3) is 0.556. The molecule has 0 amide bonds. The van der Waals surface area contributed by atoms with E-state index in [4.69, 9.17) is 14.9 Å². The lowest BCUT2D eigenvalue weighted by atomic mass is 10.1. The molecule has 0 saturated carbocycles. The molecule has 5 nitrogen and oxygen atoms in total. The van der Waals surface area contributed by atoms with E-state index in [9.17, 15) is 0 Å². The third kappa shape index (κ3) is 6.30. The second-order valence-corrected chi connectivity index (χ2v) is 5.79. The summed E-state index contributed by atoms with van der Waals surface area (Å²) in [6, 6.07) is 7.71. The monoisotopic (exact) mass is 317 g/mol. The van der Waals surface area contributed by atoms with E-state index in [0.717, 1.165) is 24.3 Å². The molecule has 0 unspecified atom stereocenters. The molecule has 1 aromatic carbocycles. The summed E-state index contributed by atoms with van der Waals surface area (Å²) in [7, 11) is 0. The van der Waals surface area contributed by atoms with Gasteiger partial charge in [-0.05, 0) is 30.7 Å². The van der Waals surface area contributed by atoms with Gasteiger partial charge in [-0.1, -0.05) is 57.0 Å². The highest BCUT2D eigenvalue weighted by Gasteiger charge is 2.06. The zero-order valence-electron chi connectivity index (χ0n) is 14.0. The van der Waals surface area contributed by atoms with Crippen molar-refractivity contribution in [2.24, 2.45) is 0 Å². The number of nitrogens with two attached hydrogens (primary N) is 1. The second-order valence-electron chi connectivity index (χ2n) is 5.79. The Morgan fingerprint density at radius 3 is 2.17 bits per heavy atom. The number of hydrogen-bond donors (Lipinski definition) is 1. The zero-order chi connectivity index (χ0) is 16.3. The number of aromatic nitrogens is 2. The Balaban J connectivity index is 1.59. The number of hydrogen-bond acceptors (Lipinski definition) is 5. The maximum absolute atomic E-state index is 5.76. The molecule has 0 radical (unpaired) electrons. The number of nitrogen functional groups attached to an aromatic ring is 1. The number of rotatable bonds is 11. The predicted molar refractivity (Wildman–Crippen MR) is 92.3 cm³/mol. The van der Waals surface area contributed by atoms with Gasteiger partial charge in [-0.3, -0.25) is 0 Å². The van der Waals surface area contributed by atoms with Crippen molar-refractivity contribution >= 4 is 6.01 Å². The van der Waals surface area contributed by atoms with Gasteiger partial charge in [0.2, 0.25) is 5.89 Å². The largest absolute Gasteiger partial charge is 0.494 e. The first-order chi connectivity index (χ1) is 11.3. The van der Waals surface area contributed by atoms with Crippen molar-refractivity contribution in [2.45, 2.75) is 58.3 Å². The van der Waals surface area contributed by atoms with Crippen molar-refractivity contribution in [1.82, 2.24) is 10.2 Å². The predicted octanol–water partition coefficient (Wildman–Crippen LogP) is 4.84. The summed E-state index contributed by atoms with van der Waals surface area (Å²) in [6.45, 7) is 3.02. The first-order valence-electron chi connectivity index (χ1n) is 8.62. The summed E-state index contributed by atoms with van der Waals surface area (Å²) < 4.78 is 10.9. The van der Waals surface area contributed by atoms with E-state index in [1.165, 1.54) is 44.9 Å². The van der Waals surface area contributed by atoms with Crippen molar-refractivity contribution in [3.63, 3.8) is 0 Å². The number of benzene rings is 1. The molecular weight excluding hydrogens is 290 g/mol. The van der Waals surface area contributed by atoms with Gasteiger partial charge in [-0.15, -0.1) is 5.10 Å². The van der Waals surface area contributed by atoms with Crippen molar-refractivity contribution in [1.29, 1.82) is 0 Å². The van der Waals surface area contributed by atoms with Crippen LogP contribution in [0.25, 0.3) is 11.5 Å². The minimum Gasteiger partial charge on any atom is -0.494 e. The Morgan fingerprint density at radius 1 is 0.913 bits per heavy atom. The quantitative estimate of drug-likeness (QED) is 0.600. The molecule has 23 heavy (non-hydrogen) atoms. The first kappa shape index (κ1) is 17.3. The van der Waals surface area contributed by atoms with Crippen LogP contribution < -0.4 is 10.5 Å². The molecular formula is C18H27N3O2. The van der Waals surface area contributed by atoms with Gasteiger partial charge in [0.15, 0.2) is 0 Å². The Kier molecular flexibility index (Phi) is 7.43. The third-order valence-electron chi connectivity index (χ3n) is 3.81.